The van der Waals surface area contributed by atoms with Gasteiger partial charge in [-0.3, -0.25) is 0 Å². The molecular weight excluding hydrogens is 198 g/mol. The summed E-state index contributed by atoms with van der Waals surface area (Å²) < 4.78 is 5.45. The predicted molar refractivity (Wildman–Crippen MR) is 66.9 cm³/mol. The fourth-order valence-corrected chi connectivity index (χ4v) is 2.54. The van der Waals surface area contributed by atoms with Gasteiger partial charge in [0.05, 0.1) is 7.11 Å². The van der Waals surface area contributed by atoms with Crippen LogP contribution >= 0.6 is 0 Å². The third-order valence-corrected chi connectivity index (χ3v) is 3.29. The Balaban J connectivity index is 2.47. The van der Waals surface area contributed by atoms with Gasteiger partial charge in [0.25, 0.3) is 0 Å². The van der Waals surface area contributed by atoms with Crippen molar-refractivity contribution in [2.75, 3.05) is 13.7 Å². The number of ether oxygens (including phenoxy) is 1. The second-order valence-electron chi connectivity index (χ2n) is 5.53. The molecule has 2 rings (SSSR count). The van der Waals surface area contributed by atoms with E-state index in [-0.39, 0.29) is 5.41 Å². The van der Waals surface area contributed by atoms with E-state index in [1.54, 1.807) is 7.11 Å². The van der Waals surface area contributed by atoms with Gasteiger partial charge in [-0.2, -0.15) is 0 Å². The molecule has 0 saturated heterocycles. The van der Waals surface area contributed by atoms with Crippen LogP contribution in [0.2, 0.25) is 0 Å². The molecule has 1 aromatic carbocycles. The van der Waals surface area contributed by atoms with Crippen LogP contribution in [0.1, 0.15) is 37.9 Å². The second kappa shape index (κ2) is 4.10. The lowest BCUT2D eigenvalue weighted by molar-refractivity contribution is 0.261. The zero-order chi connectivity index (χ0) is 11.8. The lowest BCUT2D eigenvalue weighted by atomic mass is 9.78. The van der Waals surface area contributed by atoms with Crippen molar-refractivity contribution in [1.82, 2.24) is 5.32 Å². The van der Waals surface area contributed by atoms with Crippen LogP contribution in [0.4, 0.5) is 0 Å². The summed E-state index contributed by atoms with van der Waals surface area (Å²) in [5.74, 6) is 1.04. The summed E-state index contributed by atoms with van der Waals surface area (Å²) in [7, 11) is 1.75. The minimum absolute atomic E-state index is 0.238. The molecule has 1 unspecified atom stereocenters. The number of benzene rings is 1. The first-order valence-corrected chi connectivity index (χ1v) is 5.93. The number of fused-ring (bicyclic) bond motifs is 1. The lowest BCUT2D eigenvalue weighted by Crippen LogP contribution is -2.37. The summed E-state index contributed by atoms with van der Waals surface area (Å²) in [6.07, 6.45) is 1.06. The van der Waals surface area contributed by atoms with Crippen molar-refractivity contribution >= 4 is 0 Å². The first-order valence-electron chi connectivity index (χ1n) is 5.93. The van der Waals surface area contributed by atoms with Crippen LogP contribution in [0.5, 0.6) is 5.75 Å². The number of methoxy groups -OCH3 is 1. The Labute approximate surface area is 98.0 Å². The van der Waals surface area contributed by atoms with Crippen LogP contribution in [-0.2, 0) is 6.42 Å². The van der Waals surface area contributed by atoms with E-state index in [4.69, 9.17) is 4.74 Å². The van der Waals surface area contributed by atoms with Crippen molar-refractivity contribution in [1.29, 1.82) is 0 Å². The van der Waals surface area contributed by atoms with Gasteiger partial charge in [0.2, 0.25) is 0 Å². The average molecular weight is 219 g/mol. The van der Waals surface area contributed by atoms with Gasteiger partial charge in [-0.05, 0) is 30.0 Å². The average Bonchev–Trinajstić information content (AvgIpc) is 2.26. The standard InChI is InChI=1S/C14H21NO/c1-14(2,3)13-11-6-5-7-12(16-4)10(11)8-9-15-13/h5-7,13,15H,8-9H2,1-4H3. The number of hydrogen-bond acceptors (Lipinski definition) is 2. The molecule has 0 amide bonds. The Hall–Kier alpha value is -1.02. The molecule has 1 aromatic rings. The predicted octanol–water partition coefficient (Wildman–Crippen LogP) is 2.93. The van der Waals surface area contributed by atoms with Gasteiger partial charge < -0.3 is 10.1 Å². The summed E-state index contributed by atoms with van der Waals surface area (Å²) >= 11 is 0. The van der Waals surface area contributed by atoms with Crippen LogP contribution in [-0.4, -0.2) is 13.7 Å². The van der Waals surface area contributed by atoms with Gasteiger partial charge >= 0.3 is 0 Å². The van der Waals surface area contributed by atoms with Gasteiger partial charge in [0, 0.05) is 11.6 Å². The van der Waals surface area contributed by atoms with Crippen molar-refractivity contribution in [3.63, 3.8) is 0 Å². The van der Waals surface area contributed by atoms with E-state index in [1.165, 1.54) is 11.1 Å². The van der Waals surface area contributed by atoms with Crippen LogP contribution in [0.25, 0.3) is 0 Å². The summed E-state index contributed by atoms with van der Waals surface area (Å²) in [4.78, 5) is 0. The van der Waals surface area contributed by atoms with Crippen molar-refractivity contribution in [3.8, 4) is 5.75 Å². The fraction of sp³-hybridized carbons (Fsp3) is 0.571. The minimum Gasteiger partial charge on any atom is -0.496 e. The monoisotopic (exact) mass is 219 g/mol. The lowest BCUT2D eigenvalue weighted by Gasteiger charge is -2.37. The molecule has 0 spiro atoms. The third kappa shape index (κ3) is 1.94. The normalized spacial score (nSPS) is 20.4. The summed E-state index contributed by atoms with van der Waals surface area (Å²) in [6.45, 7) is 7.87. The molecule has 1 aliphatic heterocycles. The Morgan fingerprint density at radius 1 is 1.31 bits per heavy atom. The van der Waals surface area contributed by atoms with Crippen LogP contribution < -0.4 is 10.1 Å². The van der Waals surface area contributed by atoms with E-state index in [1.807, 2.05) is 0 Å². The van der Waals surface area contributed by atoms with E-state index in [2.05, 4.69) is 44.3 Å². The first kappa shape index (κ1) is 11.5. The molecule has 0 fully saturated rings. The highest BCUT2D eigenvalue weighted by Crippen LogP contribution is 2.39. The highest BCUT2D eigenvalue weighted by atomic mass is 16.5. The molecule has 2 heteroatoms. The topological polar surface area (TPSA) is 21.3 Å². The van der Waals surface area contributed by atoms with E-state index in [9.17, 15) is 0 Å². The molecule has 0 saturated carbocycles. The van der Waals surface area contributed by atoms with E-state index < -0.39 is 0 Å². The molecule has 0 aromatic heterocycles. The highest BCUT2D eigenvalue weighted by molar-refractivity contribution is 5.44. The first-order chi connectivity index (χ1) is 7.54. The van der Waals surface area contributed by atoms with Crippen LogP contribution in [0.15, 0.2) is 18.2 Å². The van der Waals surface area contributed by atoms with Gasteiger partial charge in [-0.15, -0.1) is 0 Å². The van der Waals surface area contributed by atoms with Gasteiger partial charge in [-0.25, -0.2) is 0 Å². The quantitative estimate of drug-likeness (QED) is 0.784. The summed E-state index contributed by atoms with van der Waals surface area (Å²) in [5.41, 5.74) is 3.02. The van der Waals surface area contributed by atoms with Gasteiger partial charge in [0.15, 0.2) is 0 Å². The van der Waals surface area contributed by atoms with E-state index >= 15 is 0 Å². The highest BCUT2D eigenvalue weighted by Gasteiger charge is 2.31. The van der Waals surface area contributed by atoms with Crippen LogP contribution in [0.3, 0.4) is 0 Å². The molecule has 2 nitrogen and oxygen atoms in total. The number of hydrogen-bond donors (Lipinski definition) is 1. The zero-order valence-corrected chi connectivity index (χ0v) is 10.6. The Morgan fingerprint density at radius 3 is 2.69 bits per heavy atom. The maximum absolute atomic E-state index is 5.45. The van der Waals surface area contributed by atoms with Gasteiger partial charge in [-0.1, -0.05) is 32.9 Å². The maximum atomic E-state index is 5.45. The van der Waals surface area contributed by atoms with Gasteiger partial charge in [0.1, 0.15) is 5.75 Å². The van der Waals surface area contributed by atoms with Crippen molar-refractivity contribution in [2.24, 2.45) is 5.41 Å². The number of nitrogens with one attached hydrogen (secondary N) is 1. The smallest absolute Gasteiger partial charge is 0.122 e. The minimum atomic E-state index is 0.238. The van der Waals surface area contributed by atoms with Crippen LogP contribution in [0, 0.1) is 5.41 Å². The molecule has 0 bridgehead atoms. The van der Waals surface area contributed by atoms with Crippen molar-refractivity contribution < 1.29 is 4.74 Å². The molecule has 1 N–H and O–H groups in total. The molecule has 88 valence electrons. The molecule has 1 aliphatic rings. The number of rotatable bonds is 1. The second-order valence-corrected chi connectivity index (χ2v) is 5.53. The Bertz CT molecular complexity index is 379. The molecule has 1 atom stereocenters. The molecule has 0 radical (unpaired) electrons. The fourth-order valence-electron chi connectivity index (χ4n) is 2.54. The molecular formula is C14H21NO. The van der Waals surface area contributed by atoms with E-state index in [0.29, 0.717) is 6.04 Å². The zero-order valence-electron chi connectivity index (χ0n) is 10.6. The molecule has 0 aliphatic carbocycles. The SMILES string of the molecule is COc1cccc2c1CCNC2C(C)(C)C. The van der Waals surface area contributed by atoms with Crippen molar-refractivity contribution in [2.45, 2.75) is 33.2 Å². The molecule has 1 heterocycles. The Morgan fingerprint density at radius 2 is 2.06 bits per heavy atom. The largest absolute Gasteiger partial charge is 0.496 e. The summed E-state index contributed by atoms with van der Waals surface area (Å²) in [6, 6.07) is 6.79. The maximum Gasteiger partial charge on any atom is 0.122 e. The summed E-state index contributed by atoms with van der Waals surface area (Å²) in [5, 5.41) is 3.61. The molecule has 16 heavy (non-hydrogen) atoms. The van der Waals surface area contributed by atoms with Crippen molar-refractivity contribution in [3.05, 3.63) is 29.3 Å². The third-order valence-electron chi connectivity index (χ3n) is 3.29. The Kier molecular flexibility index (Phi) is 2.94. The van der Waals surface area contributed by atoms with E-state index in [0.717, 1.165) is 18.7 Å².